The van der Waals surface area contributed by atoms with E-state index in [1.165, 1.54) is 12.1 Å². The predicted octanol–water partition coefficient (Wildman–Crippen LogP) is 3.33. The number of carbonyl (C=O) groups is 2. The van der Waals surface area contributed by atoms with Crippen LogP contribution in [0.4, 0.5) is 0 Å². The smallest absolute Gasteiger partial charge is 0.307 e. The lowest BCUT2D eigenvalue weighted by Gasteiger charge is -2.16. The van der Waals surface area contributed by atoms with E-state index in [-0.39, 0.29) is 23.9 Å². The van der Waals surface area contributed by atoms with Gasteiger partial charge in [0.2, 0.25) is 10.0 Å². The van der Waals surface area contributed by atoms with E-state index in [1.54, 1.807) is 12.1 Å². The van der Waals surface area contributed by atoms with Crippen LogP contribution in [0.2, 0.25) is 0 Å². The zero-order valence-corrected chi connectivity index (χ0v) is 19.9. The van der Waals surface area contributed by atoms with E-state index in [9.17, 15) is 18.0 Å². The molecule has 0 radical (unpaired) electrons. The van der Waals surface area contributed by atoms with Crippen LogP contribution in [0.25, 0.3) is 10.8 Å². The average Bonchev–Trinajstić information content (AvgIpc) is 2.83. The summed E-state index contributed by atoms with van der Waals surface area (Å²) >= 11 is 0. The summed E-state index contributed by atoms with van der Waals surface area (Å²) in [5.74, 6) is -0.552. The van der Waals surface area contributed by atoms with Gasteiger partial charge in [-0.1, -0.05) is 42.5 Å². The molecule has 0 saturated heterocycles. The van der Waals surface area contributed by atoms with Crippen molar-refractivity contribution in [3.8, 4) is 5.75 Å². The van der Waals surface area contributed by atoms with Gasteiger partial charge in [0.25, 0.3) is 5.91 Å². The van der Waals surface area contributed by atoms with Gasteiger partial charge in [-0.15, -0.1) is 0 Å². The van der Waals surface area contributed by atoms with Gasteiger partial charge < -0.3 is 14.8 Å². The van der Waals surface area contributed by atoms with E-state index >= 15 is 0 Å². The zero-order chi connectivity index (χ0) is 24.6. The van der Waals surface area contributed by atoms with Crippen LogP contribution in [0.1, 0.15) is 31.9 Å². The Balaban J connectivity index is 1.43. The normalized spacial score (nSPS) is 12.2. The highest BCUT2D eigenvalue weighted by atomic mass is 32.2. The molecule has 1 amide bonds. The standard InChI is InChI=1S/C25H28N2O6S/c1-3-32-20-11-13-21(14-12-20)34(30,31)26-16-15-25(29)33-17-24(28)27-18(2)22-10-6-8-19-7-4-5-9-23(19)22/h4-14,18,26H,3,15-17H2,1-2H3,(H,27,28). The molecule has 0 spiro atoms. The van der Waals surface area contributed by atoms with E-state index in [0.29, 0.717) is 12.4 Å². The number of esters is 1. The van der Waals surface area contributed by atoms with Gasteiger partial charge in [-0.2, -0.15) is 0 Å². The van der Waals surface area contributed by atoms with Gasteiger partial charge >= 0.3 is 5.97 Å². The number of fused-ring (bicyclic) bond motifs is 1. The number of rotatable bonds is 11. The highest BCUT2D eigenvalue weighted by Crippen LogP contribution is 2.24. The topological polar surface area (TPSA) is 111 Å². The predicted molar refractivity (Wildman–Crippen MR) is 129 cm³/mol. The highest BCUT2D eigenvalue weighted by Gasteiger charge is 2.16. The molecule has 0 aromatic heterocycles. The molecule has 0 fully saturated rings. The summed E-state index contributed by atoms with van der Waals surface area (Å²) in [5.41, 5.74) is 0.960. The molecule has 180 valence electrons. The maximum atomic E-state index is 12.3. The second-order valence-electron chi connectivity index (χ2n) is 7.57. The van der Waals surface area contributed by atoms with Crippen LogP contribution in [-0.2, 0) is 24.3 Å². The van der Waals surface area contributed by atoms with Crippen LogP contribution >= 0.6 is 0 Å². The Labute approximate surface area is 199 Å². The Bertz CT molecular complexity index is 1240. The Morgan fingerprint density at radius 1 is 0.971 bits per heavy atom. The number of sulfonamides is 1. The molecule has 2 N–H and O–H groups in total. The Kier molecular flexibility index (Phi) is 8.61. The van der Waals surface area contributed by atoms with E-state index < -0.39 is 28.5 Å². The summed E-state index contributed by atoms with van der Waals surface area (Å²) in [7, 11) is -3.78. The first-order valence-electron chi connectivity index (χ1n) is 11.0. The van der Waals surface area contributed by atoms with Crippen molar-refractivity contribution in [1.29, 1.82) is 0 Å². The lowest BCUT2D eigenvalue weighted by molar-refractivity contribution is -0.148. The SMILES string of the molecule is CCOc1ccc(S(=O)(=O)NCCC(=O)OCC(=O)NC(C)c2cccc3ccccc23)cc1. The average molecular weight is 485 g/mol. The highest BCUT2D eigenvalue weighted by molar-refractivity contribution is 7.89. The summed E-state index contributed by atoms with van der Waals surface area (Å²) < 4.78 is 37.3. The van der Waals surface area contributed by atoms with Crippen LogP contribution in [0.5, 0.6) is 5.75 Å². The molecule has 34 heavy (non-hydrogen) atoms. The lowest BCUT2D eigenvalue weighted by atomic mass is 10.00. The van der Waals surface area contributed by atoms with Crippen molar-refractivity contribution in [2.75, 3.05) is 19.8 Å². The maximum absolute atomic E-state index is 12.3. The fraction of sp³-hybridized carbons (Fsp3) is 0.280. The van der Waals surface area contributed by atoms with Crippen molar-refractivity contribution in [2.45, 2.75) is 31.2 Å². The number of amides is 1. The van der Waals surface area contributed by atoms with E-state index in [2.05, 4.69) is 10.0 Å². The molecular formula is C25H28N2O6S. The number of nitrogens with one attached hydrogen (secondary N) is 2. The van der Waals surface area contributed by atoms with Crippen molar-refractivity contribution in [2.24, 2.45) is 0 Å². The van der Waals surface area contributed by atoms with Crippen LogP contribution in [0.15, 0.2) is 71.6 Å². The third kappa shape index (κ3) is 6.79. The van der Waals surface area contributed by atoms with Gasteiger partial charge in [0.1, 0.15) is 5.75 Å². The van der Waals surface area contributed by atoms with E-state index in [1.807, 2.05) is 56.3 Å². The first kappa shape index (κ1) is 25.2. The fourth-order valence-corrected chi connectivity index (χ4v) is 4.49. The molecule has 0 bridgehead atoms. The lowest BCUT2D eigenvalue weighted by Crippen LogP contribution is -2.32. The van der Waals surface area contributed by atoms with Gasteiger partial charge in [0.15, 0.2) is 6.61 Å². The van der Waals surface area contributed by atoms with Crippen LogP contribution in [-0.4, -0.2) is 40.1 Å². The largest absolute Gasteiger partial charge is 0.494 e. The maximum Gasteiger partial charge on any atom is 0.307 e. The third-order valence-corrected chi connectivity index (χ3v) is 6.57. The van der Waals surface area contributed by atoms with Crippen molar-refractivity contribution < 1.29 is 27.5 Å². The van der Waals surface area contributed by atoms with Crippen LogP contribution in [0, 0.1) is 0 Å². The molecule has 3 aromatic rings. The van der Waals surface area contributed by atoms with Gasteiger partial charge in [0, 0.05) is 6.54 Å². The summed E-state index contributed by atoms with van der Waals surface area (Å²) in [6.07, 6.45) is -0.206. The number of ether oxygens (including phenoxy) is 2. The first-order chi connectivity index (χ1) is 16.3. The van der Waals surface area contributed by atoms with E-state index in [4.69, 9.17) is 9.47 Å². The number of benzene rings is 3. The summed E-state index contributed by atoms with van der Waals surface area (Å²) in [5, 5.41) is 4.93. The molecule has 1 unspecified atom stereocenters. The second kappa shape index (κ2) is 11.6. The van der Waals surface area contributed by atoms with E-state index in [0.717, 1.165) is 16.3 Å². The number of carbonyl (C=O) groups excluding carboxylic acids is 2. The van der Waals surface area contributed by atoms with Crippen molar-refractivity contribution >= 4 is 32.7 Å². The quantitative estimate of drug-likeness (QED) is 0.404. The molecular weight excluding hydrogens is 456 g/mol. The minimum absolute atomic E-state index is 0.0612. The Morgan fingerprint density at radius 3 is 2.41 bits per heavy atom. The summed E-state index contributed by atoms with van der Waals surface area (Å²) in [6, 6.07) is 19.4. The molecule has 0 aliphatic heterocycles. The van der Waals surface area contributed by atoms with Crippen molar-refractivity contribution in [1.82, 2.24) is 10.0 Å². The molecule has 3 rings (SSSR count). The van der Waals surface area contributed by atoms with Crippen LogP contribution < -0.4 is 14.8 Å². The van der Waals surface area contributed by atoms with Gasteiger partial charge in [-0.25, -0.2) is 13.1 Å². The zero-order valence-electron chi connectivity index (χ0n) is 19.1. The molecule has 8 nitrogen and oxygen atoms in total. The van der Waals surface area contributed by atoms with Crippen LogP contribution in [0.3, 0.4) is 0 Å². The Morgan fingerprint density at radius 2 is 1.68 bits per heavy atom. The van der Waals surface area contributed by atoms with Gasteiger partial charge in [0.05, 0.1) is 24.0 Å². The van der Waals surface area contributed by atoms with Gasteiger partial charge in [-0.3, -0.25) is 9.59 Å². The van der Waals surface area contributed by atoms with Crippen molar-refractivity contribution in [3.63, 3.8) is 0 Å². The molecule has 0 saturated carbocycles. The third-order valence-electron chi connectivity index (χ3n) is 5.10. The molecule has 9 heteroatoms. The molecule has 1 atom stereocenters. The first-order valence-corrected chi connectivity index (χ1v) is 12.4. The fourth-order valence-electron chi connectivity index (χ4n) is 3.46. The summed E-state index contributed by atoms with van der Waals surface area (Å²) in [4.78, 5) is 24.3. The van der Waals surface area contributed by atoms with Gasteiger partial charge in [-0.05, 0) is 54.4 Å². The molecule has 0 heterocycles. The minimum atomic E-state index is -3.78. The monoisotopic (exact) mass is 484 g/mol. The van der Waals surface area contributed by atoms with Crippen molar-refractivity contribution in [3.05, 3.63) is 72.3 Å². The molecule has 0 aliphatic carbocycles. The number of hydrogen-bond acceptors (Lipinski definition) is 6. The second-order valence-corrected chi connectivity index (χ2v) is 9.34. The minimum Gasteiger partial charge on any atom is -0.494 e. The number of hydrogen-bond donors (Lipinski definition) is 2. The molecule has 0 aliphatic rings. The Hall–Kier alpha value is -3.43. The molecule has 3 aromatic carbocycles. The summed E-state index contributed by atoms with van der Waals surface area (Å²) in [6.45, 7) is 3.58.